The number of hydrogen-bond acceptors (Lipinski definition) is 2. The molecule has 0 radical (unpaired) electrons. The van der Waals surface area contributed by atoms with E-state index in [-0.39, 0.29) is 6.04 Å². The van der Waals surface area contributed by atoms with Crippen molar-refractivity contribution >= 4 is 0 Å². The normalized spacial score (nSPS) is 26.0. The number of piperidine rings is 1. The molecule has 1 saturated heterocycles. The molecule has 2 N–H and O–H groups in total. The van der Waals surface area contributed by atoms with E-state index < -0.39 is 17.7 Å². The van der Waals surface area contributed by atoms with E-state index in [1.54, 1.807) is 0 Å². The molecule has 1 aromatic carbocycles. The predicted molar refractivity (Wildman–Crippen MR) is 66.1 cm³/mol. The summed E-state index contributed by atoms with van der Waals surface area (Å²) in [6.07, 6.45) is 2.15. The summed E-state index contributed by atoms with van der Waals surface area (Å²) in [4.78, 5) is 0. The third kappa shape index (κ3) is 3.06. The summed E-state index contributed by atoms with van der Waals surface area (Å²) in [5.74, 6) is -0.719. The molecule has 1 heterocycles. The molecule has 2 rings (SSSR count). The van der Waals surface area contributed by atoms with Crippen molar-refractivity contribution < 1.29 is 13.9 Å². The molecule has 0 saturated carbocycles. The molecule has 0 bridgehead atoms. The molecule has 0 spiro atoms. The summed E-state index contributed by atoms with van der Waals surface area (Å²) >= 11 is 0. The first kappa shape index (κ1) is 13.4. The highest BCUT2D eigenvalue weighted by molar-refractivity contribution is 5.21. The minimum Gasteiger partial charge on any atom is -0.387 e. The second kappa shape index (κ2) is 5.76. The number of aliphatic hydroxyl groups excluding tert-OH is 1. The molecule has 3 atom stereocenters. The summed E-state index contributed by atoms with van der Waals surface area (Å²) in [7, 11) is 0. The van der Waals surface area contributed by atoms with Crippen LogP contribution < -0.4 is 5.32 Å². The van der Waals surface area contributed by atoms with Crippen molar-refractivity contribution in [2.75, 3.05) is 6.54 Å². The topological polar surface area (TPSA) is 32.3 Å². The zero-order valence-corrected chi connectivity index (χ0v) is 10.5. The Morgan fingerprint density at radius 3 is 2.61 bits per heavy atom. The molecule has 100 valence electrons. The molecule has 4 heteroatoms. The third-order valence-electron chi connectivity index (χ3n) is 3.73. The number of hydrogen-bond donors (Lipinski definition) is 2. The van der Waals surface area contributed by atoms with Crippen LogP contribution in [0.5, 0.6) is 0 Å². The number of aliphatic hydroxyl groups is 1. The van der Waals surface area contributed by atoms with E-state index >= 15 is 0 Å². The monoisotopic (exact) mass is 255 g/mol. The van der Waals surface area contributed by atoms with Crippen molar-refractivity contribution in [1.82, 2.24) is 5.32 Å². The van der Waals surface area contributed by atoms with Crippen molar-refractivity contribution in [3.05, 3.63) is 35.4 Å². The minimum atomic E-state index is -0.857. The molecule has 0 aromatic heterocycles. The molecular formula is C14H19F2NO. The Hall–Kier alpha value is -1.00. The highest BCUT2D eigenvalue weighted by Gasteiger charge is 2.27. The SMILES string of the molecule is CCC1CCNC(C(O)c2cc(F)cc(F)c2)C1. The standard InChI is InChI=1S/C14H19F2NO/c1-2-9-3-4-17-13(5-9)14(18)10-6-11(15)8-12(16)7-10/h6-9,13-14,17-18H,2-5H2,1H3. The average Bonchev–Trinajstić information content (AvgIpc) is 2.37. The molecule has 18 heavy (non-hydrogen) atoms. The van der Waals surface area contributed by atoms with Gasteiger partial charge in [-0.1, -0.05) is 13.3 Å². The van der Waals surface area contributed by atoms with Crippen LogP contribution in [-0.4, -0.2) is 17.7 Å². The molecule has 1 aliphatic rings. The summed E-state index contributed by atoms with van der Waals surface area (Å²) in [6, 6.07) is 3.10. The van der Waals surface area contributed by atoms with Gasteiger partial charge in [-0.25, -0.2) is 8.78 Å². The van der Waals surface area contributed by atoms with E-state index in [1.807, 2.05) is 0 Å². The fourth-order valence-corrected chi connectivity index (χ4v) is 2.62. The van der Waals surface area contributed by atoms with Gasteiger partial charge in [-0.2, -0.15) is 0 Å². The smallest absolute Gasteiger partial charge is 0.126 e. The third-order valence-corrected chi connectivity index (χ3v) is 3.73. The molecule has 2 nitrogen and oxygen atoms in total. The molecule has 0 amide bonds. The van der Waals surface area contributed by atoms with Gasteiger partial charge in [0.1, 0.15) is 11.6 Å². The van der Waals surface area contributed by atoms with Gasteiger partial charge in [-0.3, -0.25) is 0 Å². The number of halogens is 2. The van der Waals surface area contributed by atoms with E-state index in [2.05, 4.69) is 12.2 Å². The Labute approximate surface area is 106 Å². The molecule has 0 aliphatic carbocycles. The highest BCUT2D eigenvalue weighted by Crippen LogP contribution is 2.28. The van der Waals surface area contributed by atoms with Crippen LogP contribution in [0.3, 0.4) is 0 Å². The van der Waals surface area contributed by atoms with E-state index in [1.165, 1.54) is 12.1 Å². The number of nitrogens with one attached hydrogen (secondary N) is 1. The van der Waals surface area contributed by atoms with Crippen LogP contribution in [0, 0.1) is 17.6 Å². The minimum absolute atomic E-state index is 0.120. The lowest BCUT2D eigenvalue weighted by Gasteiger charge is -2.33. The Balaban J connectivity index is 2.12. The molecular weight excluding hydrogens is 236 g/mol. The zero-order chi connectivity index (χ0) is 13.1. The summed E-state index contributed by atoms with van der Waals surface area (Å²) in [5, 5.41) is 13.4. The quantitative estimate of drug-likeness (QED) is 0.870. The van der Waals surface area contributed by atoms with Crippen molar-refractivity contribution in [3.8, 4) is 0 Å². The first-order chi connectivity index (χ1) is 8.60. The lowest BCUT2D eigenvalue weighted by molar-refractivity contribution is 0.0973. The Kier molecular flexibility index (Phi) is 4.30. The van der Waals surface area contributed by atoms with Gasteiger partial charge in [-0.05, 0) is 43.0 Å². The molecule has 3 unspecified atom stereocenters. The van der Waals surface area contributed by atoms with Gasteiger partial charge in [0, 0.05) is 12.1 Å². The predicted octanol–water partition coefficient (Wildman–Crippen LogP) is 2.78. The van der Waals surface area contributed by atoms with E-state index in [4.69, 9.17) is 0 Å². The number of rotatable bonds is 3. The number of benzene rings is 1. The maximum absolute atomic E-state index is 13.1. The first-order valence-corrected chi connectivity index (χ1v) is 6.47. The van der Waals surface area contributed by atoms with E-state index in [0.717, 1.165) is 31.9 Å². The fourth-order valence-electron chi connectivity index (χ4n) is 2.62. The van der Waals surface area contributed by atoms with Crippen LogP contribution >= 0.6 is 0 Å². The molecule has 1 fully saturated rings. The summed E-state index contributed by atoms with van der Waals surface area (Å²) in [6.45, 7) is 2.97. The lowest BCUT2D eigenvalue weighted by Crippen LogP contribution is -2.42. The van der Waals surface area contributed by atoms with Gasteiger partial charge in [0.25, 0.3) is 0 Å². The van der Waals surface area contributed by atoms with Gasteiger partial charge in [0.15, 0.2) is 0 Å². The molecule has 1 aliphatic heterocycles. The van der Waals surface area contributed by atoms with Crippen LogP contribution in [0.15, 0.2) is 18.2 Å². The zero-order valence-electron chi connectivity index (χ0n) is 10.5. The van der Waals surface area contributed by atoms with Gasteiger partial charge < -0.3 is 10.4 Å². The maximum atomic E-state index is 13.1. The van der Waals surface area contributed by atoms with Gasteiger partial charge in [-0.15, -0.1) is 0 Å². The average molecular weight is 255 g/mol. The highest BCUT2D eigenvalue weighted by atomic mass is 19.1. The summed E-state index contributed by atoms with van der Waals surface area (Å²) < 4.78 is 26.3. The van der Waals surface area contributed by atoms with E-state index in [0.29, 0.717) is 11.5 Å². The van der Waals surface area contributed by atoms with Crippen molar-refractivity contribution in [1.29, 1.82) is 0 Å². The van der Waals surface area contributed by atoms with Crippen molar-refractivity contribution in [2.45, 2.75) is 38.3 Å². The fraction of sp³-hybridized carbons (Fsp3) is 0.571. The van der Waals surface area contributed by atoms with Crippen molar-refractivity contribution in [2.24, 2.45) is 5.92 Å². The van der Waals surface area contributed by atoms with Crippen LogP contribution in [0.1, 0.15) is 37.9 Å². The van der Waals surface area contributed by atoms with Crippen LogP contribution in [-0.2, 0) is 0 Å². The van der Waals surface area contributed by atoms with Crippen LogP contribution in [0.4, 0.5) is 8.78 Å². The van der Waals surface area contributed by atoms with Gasteiger partial charge in [0.2, 0.25) is 0 Å². The molecule has 1 aromatic rings. The Morgan fingerprint density at radius 2 is 2.00 bits per heavy atom. The summed E-state index contributed by atoms with van der Waals surface area (Å²) in [5.41, 5.74) is 0.307. The second-order valence-corrected chi connectivity index (χ2v) is 5.01. The Morgan fingerprint density at radius 1 is 1.33 bits per heavy atom. The van der Waals surface area contributed by atoms with Crippen LogP contribution in [0.2, 0.25) is 0 Å². The lowest BCUT2D eigenvalue weighted by atomic mass is 9.86. The first-order valence-electron chi connectivity index (χ1n) is 6.47. The van der Waals surface area contributed by atoms with Gasteiger partial charge >= 0.3 is 0 Å². The largest absolute Gasteiger partial charge is 0.387 e. The van der Waals surface area contributed by atoms with Gasteiger partial charge in [0.05, 0.1) is 6.10 Å². The van der Waals surface area contributed by atoms with Crippen molar-refractivity contribution in [3.63, 3.8) is 0 Å². The second-order valence-electron chi connectivity index (χ2n) is 5.01. The maximum Gasteiger partial charge on any atom is 0.126 e. The Bertz CT molecular complexity index is 391. The van der Waals surface area contributed by atoms with E-state index in [9.17, 15) is 13.9 Å². The van der Waals surface area contributed by atoms with Crippen LogP contribution in [0.25, 0.3) is 0 Å².